The van der Waals surface area contributed by atoms with Gasteiger partial charge in [0.25, 0.3) is 0 Å². The van der Waals surface area contributed by atoms with E-state index in [0.717, 1.165) is 31.1 Å². The first-order chi connectivity index (χ1) is 9.54. The monoisotopic (exact) mass is 301 g/mol. The van der Waals surface area contributed by atoms with Crippen molar-refractivity contribution in [2.75, 3.05) is 0 Å². The molecule has 0 aliphatic heterocycles. The van der Waals surface area contributed by atoms with Gasteiger partial charge >= 0.3 is 5.51 Å². The van der Waals surface area contributed by atoms with Crippen molar-refractivity contribution >= 4 is 20.6 Å². The standard InChI is InChI=1S/C16H20F3S/c1-2-3-4-5-6-10-14-12-13-9-7-8-11-15(13)20(14)16(17,18)19/h7-9,11-12H,2-6,10H2,1H3/q+1. The maximum Gasteiger partial charge on any atom is 0.600 e. The van der Waals surface area contributed by atoms with E-state index < -0.39 is 16.0 Å². The lowest BCUT2D eigenvalue weighted by Crippen LogP contribution is -1.98. The number of benzene rings is 1. The number of thiophene rings is 1. The van der Waals surface area contributed by atoms with Crippen LogP contribution in [-0.2, 0) is 11.9 Å². The second kappa shape index (κ2) is 6.61. The summed E-state index contributed by atoms with van der Waals surface area (Å²) in [5.41, 5.74) is -4.15. The Morgan fingerprint density at radius 3 is 2.40 bits per heavy atom. The van der Waals surface area contributed by atoms with E-state index in [4.69, 9.17) is 0 Å². The Balaban J connectivity index is 2.19. The van der Waals surface area contributed by atoms with Crippen molar-refractivity contribution in [1.29, 1.82) is 0 Å². The molecule has 0 saturated heterocycles. The molecule has 1 aromatic heterocycles. The first-order valence-electron chi connectivity index (χ1n) is 7.14. The summed E-state index contributed by atoms with van der Waals surface area (Å²) in [6.07, 6.45) is 5.90. The summed E-state index contributed by atoms with van der Waals surface area (Å²) in [4.78, 5) is 0.565. The molecule has 20 heavy (non-hydrogen) atoms. The molecule has 0 N–H and O–H groups in total. The number of aryl methyl sites for hydroxylation is 1. The first kappa shape index (κ1) is 15.4. The summed E-state index contributed by atoms with van der Waals surface area (Å²) in [5, 5.41) is 0.747. The number of hydrogen-bond acceptors (Lipinski definition) is 0. The molecule has 4 heteroatoms. The molecule has 1 heterocycles. The maximum atomic E-state index is 13.3. The smallest absolute Gasteiger partial charge is 0.118 e. The van der Waals surface area contributed by atoms with E-state index in [1.807, 2.05) is 0 Å². The quantitative estimate of drug-likeness (QED) is 0.417. The van der Waals surface area contributed by atoms with E-state index in [9.17, 15) is 13.2 Å². The van der Waals surface area contributed by atoms with Crippen molar-refractivity contribution in [2.45, 2.75) is 51.0 Å². The third-order valence-electron chi connectivity index (χ3n) is 3.48. The third-order valence-corrected chi connectivity index (χ3v) is 5.60. The molecular formula is C16H20F3S+. The van der Waals surface area contributed by atoms with Crippen LogP contribution in [0, 0.1) is 0 Å². The van der Waals surface area contributed by atoms with Gasteiger partial charge in [0.05, 0.1) is 10.5 Å². The minimum absolute atomic E-state index is 0.448. The molecular weight excluding hydrogens is 281 g/mol. The topological polar surface area (TPSA) is 0 Å². The van der Waals surface area contributed by atoms with Crippen LogP contribution in [0.15, 0.2) is 30.3 Å². The van der Waals surface area contributed by atoms with Crippen LogP contribution in [0.1, 0.15) is 43.9 Å². The van der Waals surface area contributed by atoms with Crippen molar-refractivity contribution < 1.29 is 13.2 Å². The van der Waals surface area contributed by atoms with E-state index >= 15 is 0 Å². The van der Waals surface area contributed by atoms with Gasteiger partial charge in [-0.2, -0.15) is 0 Å². The summed E-state index contributed by atoms with van der Waals surface area (Å²) in [7, 11) is -1.70. The van der Waals surface area contributed by atoms with Crippen LogP contribution in [0.2, 0.25) is 0 Å². The molecule has 1 atom stereocenters. The molecule has 0 aliphatic carbocycles. The predicted molar refractivity (Wildman–Crippen MR) is 80.2 cm³/mol. The highest BCUT2D eigenvalue weighted by Gasteiger charge is 2.47. The van der Waals surface area contributed by atoms with Gasteiger partial charge < -0.3 is 0 Å². The average molecular weight is 301 g/mol. The molecule has 0 radical (unpaired) electrons. The molecule has 0 fully saturated rings. The highest BCUT2D eigenvalue weighted by atomic mass is 32.2. The lowest BCUT2D eigenvalue weighted by Gasteiger charge is -2.01. The van der Waals surface area contributed by atoms with Crippen molar-refractivity contribution in [2.24, 2.45) is 0 Å². The van der Waals surface area contributed by atoms with E-state index in [2.05, 4.69) is 6.92 Å². The Bertz CT molecular complexity index is 554. The summed E-state index contributed by atoms with van der Waals surface area (Å²) >= 11 is 0. The van der Waals surface area contributed by atoms with Crippen LogP contribution in [0.3, 0.4) is 0 Å². The zero-order chi connectivity index (χ0) is 14.6. The van der Waals surface area contributed by atoms with Crippen LogP contribution >= 0.6 is 10.5 Å². The summed E-state index contributed by atoms with van der Waals surface area (Å²) in [6.45, 7) is 2.14. The lowest BCUT2D eigenvalue weighted by molar-refractivity contribution is -0.0867. The fraction of sp³-hybridized carbons (Fsp3) is 0.500. The van der Waals surface area contributed by atoms with E-state index in [1.165, 1.54) is 6.42 Å². The lowest BCUT2D eigenvalue weighted by atomic mass is 10.1. The molecule has 0 aliphatic rings. The Labute approximate surface area is 120 Å². The van der Waals surface area contributed by atoms with Crippen molar-refractivity contribution in [3.8, 4) is 0 Å². The number of alkyl halides is 3. The molecule has 110 valence electrons. The Hall–Kier alpha value is -1.03. The molecule has 0 saturated carbocycles. The zero-order valence-corrected chi connectivity index (χ0v) is 12.5. The molecule has 0 bridgehead atoms. The number of rotatable bonds is 6. The fourth-order valence-electron chi connectivity index (χ4n) is 2.51. The van der Waals surface area contributed by atoms with Gasteiger partial charge in [0.1, 0.15) is 0 Å². The van der Waals surface area contributed by atoms with Crippen LogP contribution in [-0.4, -0.2) is 0 Å². The minimum atomic E-state index is -4.15. The Morgan fingerprint density at radius 1 is 1.00 bits per heavy atom. The number of unbranched alkanes of at least 4 members (excludes halogenated alkanes) is 4. The molecule has 1 aromatic carbocycles. The van der Waals surface area contributed by atoms with Crippen molar-refractivity contribution in [1.82, 2.24) is 0 Å². The number of halogens is 3. The average Bonchev–Trinajstić information content (AvgIpc) is 2.76. The summed E-state index contributed by atoms with van der Waals surface area (Å²) in [6, 6.07) is 8.66. The van der Waals surface area contributed by atoms with Crippen LogP contribution in [0.4, 0.5) is 13.2 Å². The van der Waals surface area contributed by atoms with Gasteiger partial charge in [0.2, 0.25) is 0 Å². The van der Waals surface area contributed by atoms with Gasteiger partial charge in [-0.1, -0.05) is 44.7 Å². The summed E-state index contributed by atoms with van der Waals surface area (Å²) < 4.78 is 40.3. The Morgan fingerprint density at radius 2 is 1.70 bits per heavy atom. The fourth-order valence-corrected chi connectivity index (χ4v) is 4.51. The SMILES string of the molecule is CCCCCCCc1cc2ccccc2[s+]1C(F)(F)F. The highest BCUT2D eigenvalue weighted by Crippen LogP contribution is 2.51. The van der Waals surface area contributed by atoms with E-state index in [-0.39, 0.29) is 0 Å². The molecule has 0 nitrogen and oxygen atoms in total. The zero-order valence-electron chi connectivity index (χ0n) is 11.7. The molecule has 0 amide bonds. The van der Waals surface area contributed by atoms with Crippen molar-refractivity contribution in [3.63, 3.8) is 0 Å². The molecule has 2 aromatic rings. The van der Waals surface area contributed by atoms with Crippen LogP contribution in [0.5, 0.6) is 0 Å². The number of hydrogen-bond donors (Lipinski definition) is 0. The normalized spacial score (nSPS) is 13.1. The summed E-state index contributed by atoms with van der Waals surface area (Å²) in [5.74, 6) is 0. The Kier molecular flexibility index (Phi) is 5.08. The first-order valence-corrected chi connectivity index (χ1v) is 8.37. The highest BCUT2D eigenvalue weighted by molar-refractivity contribution is 7.38. The van der Waals surface area contributed by atoms with Crippen LogP contribution in [0.25, 0.3) is 10.1 Å². The van der Waals surface area contributed by atoms with Gasteiger partial charge in [-0.3, -0.25) is 0 Å². The minimum Gasteiger partial charge on any atom is -0.118 e. The van der Waals surface area contributed by atoms with Gasteiger partial charge in [0.15, 0.2) is 9.58 Å². The van der Waals surface area contributed by atoms with Gasteiger partial charge in [0, 0.05) is 17.9 Å². The second-order valence-corrected chi connectivity index (χ2v) is 7.10. The van der Waals surface area contributed by atoms with E-state index in [1.54, 1.807) is 30.3 Å². The van der Waals surface area contributed by atoms with E-state index in [0.29, 0.717) is 16.0 Å². The second-order valence-electron chi connectivity index (χ2n) is 5.06. The van der Waals surface area contributed by atoms with Crippen LogP contribution < -0.4 is 0 Å². The predicted octanol–water partition coefficient (Wildman–Crippen LogP) is 6.58. The van der Waals surface area contributed by atoms with Gasteiger partial charge in [-0.05, 0) is 18.6 Å². The molecule has 2 rings (SSSR count). The van der Waals surface area contributed by atoms with Gasteiger partial charge in [-0.15, -0.1) is 13.2 Å². The largest absolute Gasteiger partial charge is 0.600 e. The maximum absolute atomic E-state index is 13.3. The molecule has 1 unspecified atom stereocenters. The van der Waals surface area contributed by atoms with Crippen molar-refractivity contribution in [3.05, 3.63) is 35.2 Å². The third kappa shape index (κ3) is 3.54. The molecule has 0 spiro atoms. The van der Waals surface area contributed by atoms with Gasteiger partial charge in [-0.25, -0.2) is 0 Å². The number of fused-ring (bicyclic) bond motifs is 1.